The van der Waals surface area contributed by atoms with Crippen molar-refractivity contribution in [3.8, 4) is 11.6 Å². The van der Waals surface area contributed by atoms with E-state index in [0.29, 0.717) is 35.6 Å². The fourth-order valence-corrected chi connectivity index (χ4v) is 4.13. The third-order valence-corrected chi connectivity index (χ3v) is 5.64. The molecule has 0 saturated heterocycles. The maximum atomic E-state index is 14.3. The normalized spacial score (nSPS) is 15.7. The van der Waals surface area contributed by atoms with Gasteiger partial charge in [0.15, 0.2) is 0 Å². The summed E-state index contributed by atoms with van der Waals surface area (Å²) in [5.41, 5.74) is 3.89. The molecule has 5 aromatic rings. The van der Waals surface area contributed by atoms with E-state index in [1.54, 1.807) is 35.5 Å². The van der Waals surface area contributed by atoms with Gasteiger partial charge in [-0.15, -0.1) is 10.2 Å². The number of hydrogen-bond donors (Lipinski definition) is 1. The molecule has 0 aliphatic carbocycles. The molecule has 1 N–H and O–H groups in total. The number of carbonyl (C=O) groups is 1. The van der Waals surface area contributed by atoms with Gasteiger partial charge in [-0.2, -0.15) is 9.49 Å². The van der Waals surface area contributed by atoms with Crippen molar-refractivity contribution in [1.82, 2.24) is 39.7 Å². The van der Waals surface area contributed by atoms with Crippen LogP contribution < -0.4 is 0 Å². The number of nitrogens with one attached hydrogen (secondary N) is 1. The van der Waals surface area contributed by atoms with Crippen LogP contribution in [0.5, 0.6) is 0 Å². The second kappa shape index (κ2) is 7.33. The summed E-state index contributed by atoms with van der Waals surface area (Å²) in [5, 5.41) is 12.4. The van der Waals surface area contributed by atoms with Crippen molar-refractivity contribution >= 4 is 11.4 Å². The number of rotatable bonds is 3. The highest BCUT2D eigenvalue weighted by atomic mass is 19.1. The summed E-state index contributed by atoms with van der Waals surface area (Å²) in [6.07, 6.45) is 2.15. The predicted molar refractivity (Wildman–Crippen MR) is 113 cm³/mol. The Hall–Kier alpha value is -4.41. The van der Waals surface area contributed by atoms with Gasteiger partial charge in [0.25, 0.3) is 5.89 Å². The molecular formula is C22H17FN8O2. The van der Waals surface area contributed by atoms with Crippen LogP contribution in [0.4, 0.5) is 4.39 Å². The molecule has 6 rings (SSSR count). The molecule has 5 aromatic heterocycles. The number of carbonyl (C=O) groups excluding carboxylic acids is 1. The van der Waals surface area contributed by atoms with Crippen molar-refractivity contribution in [3.05, 3.63) is 83.4 Å². The van der Waals surface area contributed by atoms with Crippen molar-refractivity contribution in [2.45, 2.75) is 19.4 Å². The standard InChI is InChI=1S/C22H17FN8O2/c1-12-4-2-6-15(26-12)20-27-28-21(33-20)22(32)30-9-8-14-18(25-11-24-14)19(30)16-10-13-5-3-7-17(23)31(13)29-16/h2-7,10-11,19H,8-9H2,1H3,(H,24,25). The van der Waals surface area contributed by atoms with Crippen LogP contribution in [0.25, 0.3) is 17.1 Å². The van der Waals surface area contributed by atoms with Crippen LogP contribution in [-0.2, 0) is 6.42 Å². The van der Waals surface area contributed by atoms with Gasteiger partial charge < -0.3 is 14.3 Å². The number of pyridine rings is 2. The second-order valence-corrected chi connectivity index (χ2v) is 7.75. The van der Waals surface area contributed by atoms with Crippen molar-refractivity contribution in [2.24, 2.45) is 0 Å². The molecule has 0 spiro atoms. The Balaban J connectivity index is 1.40. The number of aromatic amines is 1. The minimum atomic E-state index is -0.640. The summed E-state index contributed by atoms with van der Waals surface area (Å²) in [5.74, 6) is -0.961. The van der Waals surface area contributed by atoms with E-state index in [9.17, 15) is 9.18 Å². The minimum Gasteiger partial charge on any atom is -0.411 e. The quantitative estimate of drug-likeness (QED) is 0.425. The Morgan fingerprint density at radius 1 is 1.21 bits per heavy atom. The van der Waals surface area contributed by atoms with Crippen molar-refractivity contribution in [3.63, 3.8) is 0 Å². The van der Waals surface area contributed by atoms with Gasteiger partial charge in [0, 0.05) is 24.4 Å². The maximum Gasteiger partial charge on any atom is 0.312 e. The molecule has 0 saturated carbocycles. The van der Waals surface area contributed by atoms with Gasteiger partial charge in [0.2, 0.25) is 5.95 Å². The number of halogens is 1. The van der Waals surface area contributed by atoms with Crippen molar-refractivity contribution in [2.75, 3.05) is 6.54 Å². The number of nitrogens with zero attached hydrogens (tertiary/aromatic N) is 7. The number of H-pyrrole nitrogens is 1. The second-order valence-electron chi connectivity index (χ2n) is 7.75. The van der Waals surface area contributed by atoms with Gasteiger partial charge >= 0.3 is 11.8 Å². The van der Waals surface area contributed by atoms with Crippen LogP contribution in [0, 0.1) is 12.9 Å². The van der Waals surface area contributed by atoms with Gasteiger partial charge in [-0.05, 0) is 37.3 Å². The SMILES string of the molecule is Cc1cccc(-c2nnc(C(=O)N3CCc4[nH]cnc4C3c3cc4cccc(F)n4n3)o2)n1. The largest absolute Gasteiger partial charge is 0.411 e. The third-order valence-electron chi connectivity index (χ3n) is 5.64. The van der Waals surface area contributed by atoms with Crippen LogP contribution in [0.2, 0.25) is 0 Å². The Kier molecular flexibility index (Phi) is 4.28. The molecule has 1 unspecified atom stereocenters. The van der Waals surface area contributed by atoms with Crippen molar-refractivity contribution < 1.29 is 13.6 Å². The maximum absolute atomic E-state index is 14.3. The number of aryl methyl sites for hydroxylation is 1. The smallest absolute Gasteiger partial charge is 0.312 e. The summed E-state index contributed by atoms with van der Waals surface area (Å²) < 4.78 is 21.2. The highest BCUT2D eigenvalue weighted by Gasteiger charge is 2.38. The van der Waals surface area contributed by atoms with Crippen LogP contribution in [0.15, 0.2) is 53.2 Å². The molecule has 1 amide bonds. The Bertz CT molecular complexity index is 1500. The van der Waals surface area contributed by atoms with Gasteiger partial charge in [-0.1, -0.05) is 12.1 Å². The minimum absolute atomic E-state index is 0.158. The molecule has 1 atom stereocenters. The number of amides is 1. The van der Waals surface area contributed by atoms with E-state index in [0.717, 1.165) is 11.4 Å². The first-order valence-electron chi connectivity index (χ1n) is 10.3. The van der Waals surface area contributed by atoms with E-state index >= 15 is 0 Å². The molecule has 33 heavy (non-hydrogen) atoms. The molecule has 1 aliphatic heterocycles. The topological polar surface area (TPSA) is 118 Å². The monoisotopic (exact) mass is 444 g/mol. The molecule has 164 valence electrons. The lowest BCUT2D eigenvalue weighted by Crippen LogP contribution is -2.41. The lowest BCUT2D eigenvalue weighted by Gasteiger charge is -2.32. The number of hydrogen-bond acceptors (Lipinski definition) is 7. The molecule has 10 nitrogen and oxygen atoms in total. The summed E-state index contributed by atoms with van der Waals surface area (Å²) >= 11 is 0. The summed E-state index contributed by atoms with van der Waals surface area (Å²) in [6.45, 7) is 2.22. The summed E-state index contributed by atoms with van der Waals surface area (Å²) in [7, 11) is 0. The first kappa shape index (κ1) is 19.3. The lowest BCUT2D eigenvalue weighted by atomic mass is 9.99. The number of imidazole rings is 1. The number of aromatic nitrogens is 7. The zero-order chi connectivity index (χ0) is 22.5. The van der Waals surface area contributed by atoms with Gasteiger partial charge in [-0.3, -0.25) is 4.79 Å². The van der Waals surface area contributed by atoms with Crippen LogP contribution >= 0.6 is 0 Å². The average molecular weight is 444 g/mol. The first-order valence-corrected chi connectivity index (χ1v) is 10.3. The highest BCUT2D eigenvalue weighted by molar-refractivity contribution is 5.90. The molecule has 11 heteroatoms. The van der Waals surface area contributed by atoms with Gasteiger partial charge in [0.05, 0.1) is 23.2 Å². The molecule has 0 radical (unpaired) electrons. The zero-order valence-corrected chi connectivity index (χ0v) is 17.4. The fraction of sp³-hybridized carbons (Fsp3) is 0.182. The summed E-state index contributed by atoms with van der Waals surface area (Å²) in [6, 6.07) is 11.2. The van der Waals surface area contributed by atoms with Gasteiger partial charge in [-0.25, -0.2) is 14.5 Å². The van der Waals surface area contributed by atoms with E-state index in [2.05, 4.69) is 30.2 Å². The molecule has 0 aromatic carbocycles. The van der Waals surface area contributed by atoms with E-state index in [-0.39, 0.29) is 11.8 Å². The Labute approximate surface area is 186 Å². The van der Waals surface area contributed by atoms with E-state index in [1.807, 2.05) is 19.1 Å². The molecule has 6 heterocycles. The molecule has 0 fully saturated rings. The van der Waals surface area contributed by atoms with E-state index < -0.39 is 17.9 Å². The summed E-state index contributed by atoms with van der Waals surface area (Å²) in [4.78, 5) is 26.9. The molecule has 0 bridgehead atoms. The Morgan fingerprint density at radius 2 is 2.09 bits per heavy atom. The van der Waals surface area contributed by atoms with E-state index in [4.69, 9.17) is 4.42 Å². The molecular weight excluding hydrogens is 427 g/mol. The van der Waals surface area contributed by atoms with Gasteiger partial charge in [0.1, 0.15) is 11.7 Å². The van der Waals surface area contributed by atoms with Crippen molar-refractivity contribution in [1.29, 1.82) is 0 Å². The molecule has 1 aliphatic rings. The number of fused-ring (bicyclic) bond motifs is 2. The highest BCUT2D eigenvalue weighted by Crippen LogP contribution is 2.34. The van der Waals surface area contributed by atoms with E-state index in [1.165, 1.54) is 10.6 Å². The predicted octanol–water partition coefficient (Wildman–Crippen LogP) is 2.74. The zero-order valence-electron chi connectivity index (χ0n) is 17.4. The van der Waals surface area contributed by atoms with Crippen LogP contribution in [-0.4, -0.2) is 52.1 Å². The lowest BCUT2D eigenvalue weighted by molar-refractivity contribution is 0.0646. The average Bonchev–Trinajstić information content (AvgIpc) is 3.57. The first-order chi connectivity index (χ1) is 16.1. The Morgan fingerprint density at radius 3 is 2.94 bits per heavy atom. The van der Waals surface area contributed by atoms with Crippen LogP contribution in [0.3, 0.4) is 0 Å². The third kappa shape index (κ3) is 3.16. The fourth-order valence-electron chi connectivity index (χ4n) is 4.13. The van der Waals surface area contributed by atoms with Crippen LogP contribution in [0.1, 0.15) is 39.5 Å².